The topological polar surface area (TPSA) is 26.3 Å². The normalized spacial score (nSPS) is 13.2. The van der Waals surface area contributed by atoms with Crippen LogP contribution >= 0.6 is 0 Å². The molecule has 0 aliphatic rings. The first-order valence-electron chi connectivity index (χ1n) is 5.99. The van der Waals surface area contributed by atoms with Gasteiger partial charge in [0.1, 0.15) is 0 Å². The van der Waals surface area contributed by atoms with E-state index in [1.54, 1.807) is 30.3 Å². The van der Waals surface area contributed by atoms with Crippen LogP contribution in [0, 0.1) is 0 Å². The van der Waals surface area contributed by atoms with Crippen molar-refractivity contribution in [1.29, 1.82) is 0 Å². The van der Waals surface area contributed by atoms with Crippen molar-refractivity contribution in [2.45, 2.75) is 28.9 Å². The van der Waals surface area contributed by atoms with E-state index in [4.69, 9.17) is 0 Å². The van der Waals surface area contributed by atoms with E-state index in [0.717, 1.165) is 0 Å². The zero-order chi connectivity index (χ0) is 17.0. The number of alkyl halides is 7. The van der Waals surface area contributed by atoms with Gasteiger partial charge >= 0.3 is 128 Å². The first-order chi connectivity index (χ1) is 9.96. The molecule has 0 saturated heterocycles. The van der Waals surface area contributed by atoms with E-state index in [-0.39, 0.29) is 6.42 Å². The quantitative estimate of drug-likeness (QED) is 0.476. The van der Waals surface area contributed by atoms with Crippen LogP contribution in [0.15, 0.2) is 30.3 Å². The van der Waals surface area contributed by atoms with E-state index in [0.29, 0.717) is 5.56 Å². The summed E-state index contributed by atoms with van der Waals surface area (Å²) in [6.07, 6.45) is -8.50. The second-order valence-corrected chi connectivity index (χ2v) is 8.70. The SMILES string of the molecule is [O]=[Sn]([O]CCc1ccccc1)[C](F)(F)C(F)(F)CC(F)(F)F. The van der Waals surface area contributed by atoms with Crippen molar-refractivity contribution in [2.24, 2.45) is 0 Å². The Bertz CT molecular complexity index is 502. The Morgan fingerprint density at radius 3 is 2.00 bits per heavy atom. The van der Waals surface area contributed by atoms with Crippen molar-refractivity contribution in [3.05, 3.63) is 35.9 Å². The molecule has 0 N–H and O–H groups in total. The van der Waals surface area contributed by atoms with E-state index in [9.17, 15) is 33.8 Å². The van der Waals surface area contributed by atoms with Crippen molar-refractivity contribution in [1.82, 2.24) is 0 Å². The van der Waals surface area contributed by atoms with Gasteiger partial charge in [-0.05, 0) is 0 Å². The van der Waals surface area contributed by atoms with Gasteiger partial charge in [-0.15, -0.1) is 0 Å². The minimum atomic E-state index is -5.73. The summed E-state index contributed by atoms with van der Waals surface area (Å²) in [6, 6.07) is 8.17. The van der Waals surface area contributed by atoms with Crippen LogP contribution in [0.2, 0.25) is 0 Å². The Hall–Kier alpha value is -0.711. The van der Waals surface area contributed by atoms with Crippen molar-refractivity contribution in [2.75, 3.05) is 6.61 Å². The summed E-state index contributed by atoms with van der Waals surface area (Å²) in [4.78, 5) is 0. The van der Waals surface area contributed by atoms with Crippen LogP contribution < -0.4 is 0 Å². The Balaban J connectivity index is 2.62. The first-order valence-corrected chi connectivity index (χ1v) is 9.75. The van der Waals surface area contributed by atoms with Gasteiger partial charge in [-0.25, -0.2) is 0 Å². The summed E-state index contributed by atoms with van der Waals surface area (Å²) < 4.78 is 98.4. The fourth-order valence-electron chi connectivity index (χ4n) is 1.51. The summed E-state index contributed by atoms with van der Waals surface area (Å²) in [5.41, 5.74) is 0.629. The molecule has 22 heavy (non-hydrogen) atoms. The van der Waals surface area contributed by atoms with E-state index < -0.39 is 49.2 Å². The third kappa shape index (κ3) is 5.49. The summed E-state index contributed by atoms with van der Waals surface area (Å²) in [5.74, 6) is -5.45. The van der Waals surface area contributed by atoms with Gasteiger partial charge in [-0.1, -0.05) is 0 Å². The Morgan fingerprint density at radius 2 is 1.50 bits per heavy atom. The average Bonchev–Trinajstić information content (AvgIpc) is 2.36. The van der Waals surface area contributed by atoms with Gasteiger partial charge in [-0.2, -0.15) is 0 Å². The zero-order valence-corrected chi connectivity index (χ0v) is 13.8. The standard InChI is InChI=1S/C8H9O.C4H2F7.O.Sn/c9-7-6-8-4-2-1-3-5-8;5-2(6)3(7,8)1-4(9,10)11;;/h1-5H,6-7H2;1H2;;/q-1;;;+1. The maximum atomic E-state index is 13.3. The Morgan fingerprint density at radius 1 is 0.955 bits per heavy atom. The molecule has 0 saturated carbocycles. The molecule has 0 heterocycles. The fourth-order valence-corrected chi connectivity index (χ4v) is 3.95. The number of rotatable bonds is 7. The molecule has 0 spiro atoms. The fraction of sp³-hybridized carbons (Fsp3) is 0.500. The maximum absolute atomic E-state index is 13.3. The van der Waals surface area contributed by atoms with Crippen molar-refractivity contribution in [3.8, 4) is 0 Å². The van der Waals surface area contributed by atoms with Gasteiger partial charge in [-0.3, -0.25) is 0 Å². The molecule has 0 amide bonds. The monoisotopic (exact) mass is 440 g/mol. The number of hydrogen-bond donors (Lipinski definition) is 0. The third-order valence-electron chi connectivity index (χ3n) is 2.60. The van der Waals surface area contributed by atoms with Crippen LogP contribution in [-0.2, 0) is 12.6 Å². The molecule has 10 heteroatoms. The van der Waals surface area contributed by atoms with Gasteiger partial charge in [0, 0.05) is 0 Å². The summed E-state index contributed by atoms with van der Waals surface area (Å²) in [7, 11) is 0. The second kappa shape index (κ2) is 7.24. The molecular weight excluding hydrogens is 428 g/mol. The van der Waals surface area contributed by atoms with Crippen LogP contribution in [0.3, 0.4) is 0 Å². The molecule has 0 radical (unpaired) electrons. The van der Waals surface area contributed by atoms with Gasteiger partial charge in [0.15, 0.2) is 0 Å². The molecule has 0 unspecified atom stereocenters. The molecule has 1 aromatic carbocycles. The van der Waals surface area contributed by atoms with Gasteiger partial charge in [0.2, 0.25) is 0 Å². The summed E-state index contributed by atoms with van der Waals surface area (Å²) in [5, 5.41) is 0. The summed E-state index contributed by atoms with van der Waals surface area (Å²) >= 11 is -5.73. The molecule has 0 aliphatic heterocycles. The van der Waals surface area contributed by atoms with E-state index in [2.05, 4.69) is 3.07 Å². The minimum absolute atomic E-state index is 0.0358. The number of hydrogen-bond acceptors (Lipinski definition) is 2. The zero-order valence-electron chi connectivity index (χ0n) is 11.0. The Labute approximate surface area is 128 Å². The van der Waals surface area contributed by atoms with E-state index in [1.807, 2.05) is 0 Å². The molecule has 0 bridgehead atoms. The molecule has 0 aliphatic carbocycles. The molecular formula is C12H11F7O2Sn. The molecule has 124 valence electrons. The van der Waals surface area contributed by atoms with Crippen LogP contribution in [-0.4, -0.2) is 42.8 Å². The molecule has 1 aromatic rings. The van der Waals surface area contributed by atoms with Gasteiger partial charge < -0.3 is 0 Å². The third-order valence-corrected chi connectivity index (χ3v) is 6.44. The molecule has 0 atom stereocenters. The molecule has 0 fully saturated rings. The van der Waals surface area contributed by atoms with E-state index in [1.165, 1.54) is 0 Å². The van der Waals surface area contributed by atoms with Crippen LogP contribution in [0.1, 0.15) is 12.0 Å². The molecule has 2 nitrogen and oxygen atoms in total. The van der Waals surface area contributed by atoms with Gasteiger partial charge in [0.05, 0.1) is 0 Å². The van der Waals surface area contributed by atoms with E-state index >= 15 is 0 Å². The first kappa shape index (κ1) is 19.3. The van der Waals surface area contributed by atoms with Crippen molar-refractivity contribution < 1.29 is 36.9 Å². The average molecular weight is 439 g/mol. The van der Waals surface area contributed by atoms with Crippen LogP contribution in [0.4, 0.5) is 30.7 Å². The summed E-state index contributed by atoms with van der Waals surface area (Å²) in [6.45, 7) is -0.528. The Kier molecular flexibility index (Phi) is 6.36. The van der Waals surface area contributed by atoms with Crippen molar-refractivity contribution >= 4 is 20.2 Å². The predicted octanol–water partition coefficient (Wildman–Crippen LogP) is 3.93. The number of benzene rings is 1. The molecule has 0 aromatic heterocycles. The van der Waals surface area contributed by atoms with Crippen LogP contribution in [0.5, 0.6) is 0 Å². The van der Waals surface area contributed by atoms with Crippen LogP contribution in [0.25, 0.3) is 0 Å². The predicted molar refractivity (Wildman–Crippen MR) is 63.1 cm³/mol. The second-order valence-electron chi connectivity index (χ2n) is 4.44. The van der Waals surface area contributed by atoms with Gasteiger partial charge in [0.25, 0.3) is 0 Å². The number of halogens is 7. The molecule has 1 rings (SSSR count). The van der Waals surface area contributed by atoms with Crippen molar-refractivity contribution in [3.63, 3.8) is 0 Å².